The Balaban J connectivity index is 1.79. The molecule has 2 amide bonds. The van der Waals surface area contributed by atoms with E-state index in [-0.39, 0.29) is 11.3 Å². The summed E-state index contributed by atoms with van der Waals surface area (Å²) in [6.07, 6.45) is 1.61. The first-order valence-electron chi connectivity index (χ1n) is 11.5. The second kappa shape index (κ2) is 12.1. The van der Waals surface area contributed by atoms with Crippen LogP contribution in [0.25, 0.3) is 12.5 Å². The van der Waals surface area contributed by atoms with E-state index in [2.05, 4.69) is 27.4 Å². The van der Waals surface area contributed by atoms with Crippen LogP contribution in [0.4, 0.5) is 16.4 Å². The predicted molar refractivity (Wildman–Crippen MR) is 143 cm³/mol. The van der Waals surface area contributed by atoms with E-state index < -0.39 is 6.03 Å². The van der Waals surface area contributed by atoms with Crippen molar-refractivity contribution in [1.82, 2.24) is 5.16 Å². The van der Waals surface area contributed by atoms with Gasteiger partial charge in [0, 0.05) is 41.8 Å². The van der Waals surface area contributed by atoms with E-state index in [9.17, 15) is 4.79 Å². The number of hydrogen-bond acceptors (Lipinski definition) is 8. The Bertz CT molecular complexity index is 1380. The van der Waals surface area contributed by atoms with Crippen LogP contribution in [-0.2, 0) is 10.2 Å². The first-order valence-corrected chi connectivity index (χ1v) is 11.5. The van der Waals surface area contributed by atoms with E-state index in [1.807, 2.05) is 13.8 Å². The number of methoxy groups -OCH3 is 3. The van der Waals surface area contributed by atoms with Gasteiger partial charge in [-0.2, -0.15) is 0 Å². The van der Waals surface area contributed by atoms with Crippen LogP contribution in [0.5, 0.6) is 17.2 Å². The lowest BCUT2D eigenvalue weighted by Crippen LogP contribution is -2.27. The lowest BCUT2D eigenvalue weighted by atomic mass is 9.91. The molecule has 0 aliphatic carbocycles. The third-order valence-corrected chi connectivity index (χ3v) is 5.34. The fourth-order valence-electron chi connectivity index (χ4n) is 3.50. The van der Waals surface area contributed by atoms with E-state index >= 15 is 0 Å². The van der Waals surface area contributed by atoms with Gasteiger partial charge in [-0.3, -0.25) is 5.32 Å². The highest BCUT2D eigenvalue weighted by Crippen LogP contribution is 2.26. The molecule has 0 atom stereocenters. The Hall–Kier alpha value is -4.31. The number of ether oxygens (including phenoxy) is 4. The number of nitrogens with zero attached hydrogens (tertiary/aromatic N) is 2. The number of aliphatic imine (C=N–C) groups is 1. The van der Waals surface area contributed by atoms with Crippen molar-refractivity contribution in [1.29, 1.82) is 0 Å². The standard InChI is InChI=1S/C27H32N4O6/c1-8-28-25(20-14-22(35-7)21(34-6)12-17(20)2)36-19-11-9-10-18(13-19)29-26(32)30-24-15-23(31-37-24)27(3,4)16-33-5/h8-15H,2,16H2,1,3-7H3,(H2,29,30,32)/b25-20+,28-8-. The number of aromatic nitrogens is 1. The normalized spacial score (nSPS) is 12.3. The molecular formula is C27H32N4O6. The number of rotatable bonds is 10. The zero-order valence-electron chi connectivity index (χ0n) is 21.9. The summed E-state index contributed by atoms with van der Waals surface area (Å²) < 4.78 is 27.3. The lowest BCUT2D eigenvalue weighted by molar-refractivity contribution is 0.142. The van der Waals surface area contributed by atoms with E-state index in [1.165, 1.54) is 0 Å². The molecule has 1 aromatic heterocycles. The quantitative estimate of drug-likeness (QED) is 0.399. The number of urea groups is 1. The Kier molecular flexibility index (Phi) is 8.91. The number of nitrogens with one attached hydrogen (secondary N) is 2. The van der Waals surface area contributed by atoms with Gasteiger partial charge in [0.2, 0.25) is 11.8 Å². The summed E-state index contributed by atoms with van der Waals surface area (Å²) in [5.74, 6) is 2.05. The molecule has 0 saturated carbocycles. The monoisotopic (exact) mass is 508 g/mol. The zero-order valence-corrected chi connectivity index (χ0v) is 21.9. The molecule has 0 radical (unpaired) electrons. The topological polar surface area (TPSA) is 116 Å². The molecule has 0 fully saturated rings. The fraction of sp³-hybridized carbons (Fsp3) is 0.296. The molecule has 1 heterocycles. The molecule has 0 unspecified atom stereocenters. The summed E-state index contributed by atoms with van der Waals surface area (Å²) in [5, 5.41) is 10.7. The van der Waals surface area contributed by atoms with Crippen molar-refractivity contribution in [2.75, 3.05) is 38.6 Å². The van der Waals surface area contributed by atoms with Gasteiger partial charge in [-0.25, -0.2) is 9.79 Å². The molecule has 0 saturated heterocycles. The average molecular weight is 509 g/mol. The Labute approximate surface area is 215 Å². The van der Waals surface area contributed by atoms with Gasteiger partial charge in [0.15, 0.2) is 11.5 Å². The maximum absolute atomic E-state index is 12.6. The van der Waals surface area contributed by atoms with E-state index in [1.54, 1.807) is 76.9 Å². The van der Waals surface area contributed by atoms with Crippen LogP contribution in [0.15, 0.2) is 52.0 Å². The van der Waals surface area contributed by atoms with Crippen molar-refractivity contribution in [2.24, 2.45) is 4.99 Å². The van der Waals surface area contributed by atoms with Crippen molar-refractivity contribution in [3.05, 3.63) is 58.6 Å². The van der Waals surface area contributed by atoms with Crippen LogP contribution in [0.1, 0.15) is 26.5 Å². The van der Waals surface area contributed by atoms with Gasteiger partial charge in [-0.15, -0.1) is 0 Å². The summed E-state index contributed by atoms with van der Waals surface area (Å²) in [4.78, 5) is 16.9. The summed E-state index contributed by atoms with van der Waals surface area (Å²) in [6, 6.07) is 11.6. The Morgan fingerprint density at radius 1 is 1.11 bits per heavy atom. The lowest BCUT2D eigenvalue weighted by Gasteiger charge is -2.19. The van der Waals surface area contributed by atoms with Crippen LogP contribution < -0.4 is 35.3 Å². The molecule has 0 aliphatic rings. The predicted octanol–water partition coefficient (Wildman–Crippen LogP) is 3.91. The highest BCUT2D eigenvalue weighted by atomic mass is 16.5. The minimum atomic E-state index is -0.500. The van der Waals surface area contributed by atoms with Gasteiger partial charge in [0.25, 0.3) is 0 Å². The van der Waals surface area contributed by atoms with Crippen molar-refractivity contribution in [2.45, 2.75) is 26.2 Å². The molecule has 10 heteroatoms. The molecule has 10 nitrogen and oxygen atoms in total. The third kappa shape index (κ3) is 6.89. The first kappa shape index (κ1) is 27.3. The summed E-state index contributed by atoms with van der Waals surface area (Å²) in [6.45, 7) is 10.2. The molecule has 3 rings (SSSR count). The van der Waals surface area contributed by atoms with Crippen LogP contribution in [0, 0.1) is 0 Å². The van der Waals surface area contributed by atoms with Crippen molar-refractivity contribution in [3.8, 4) is 17.2 Å². The van der Waals surface area contributed by atoms with Gasteiger partial charge in [0.1, 0.15) is 5.75 Å². The number of hydrogen-bond donors (Lipinski definition) is 2. The van der Waals surface area contributed by atoms with Gasteiger partial charge in [0.05, 0.1) is 26.5 Å². The van der Waals surface area contributed by atoms with E-state index in [4.69, 9.17) is 23.5 Å². The first-order chi connectivity index (χ1) is 17.7. The van der Waals surface area contributed by atoms with Gasteiger partial charge in [-0.1, -0.05) is 31.6 Å². The number of anilines is 2. The third-order valence-electron chi connectivity index (χ3n) is 5.34. The summed E-state index contributed by atoms with van der Waals surface area (Å²) in [7, 11) is 4.72. The van der Waals surface area contributed by atoms with Gasteiger partial charge < -0.3 is 28.8 Å². The number of benzene rings is 2. The number of carbonyl (C=O) groups excluding carboxylic acids is 1. The highest BCUT2D eigenvalue weighted by Gasteiger charge is 2.25. The SMILES string of the molecule is C=c1cc(OC)c(OC)c/c1=C(/N=C\C)Oc1cccc(NC(=O)Nc2cc(C(C)(C)COC)no2)c1. The Morgan fingerprint density at radius 2 is 1.84 bits per heavy atom. The minimum Gasteiger partial charge on any atom is -0.493 e. The van der Waals surface area contributed by atoms with Gasteiger partial charge in [-0.05, 0) is 36.4 Å². The number of carbonyl (C=O) groups is 1. The summed E-state index contributed by atoms with van der Waals surface area (Å²) >= 11 is 0. The van der Waals surface area contributed by atoms with Crippen molar-refractivity contribution < 1.29 is 28.3 Å². The second-order valence-corrected chi connectivity index (χ2v) is 8.66. The van der Waals surface area contributed by atoms with Crippen molar-refractivity contribution in [3.63, 3.8) is 0 Å². The molecule has 3 aromatic rings. The van der Waals surface area contributed by atoms with Crippen LogP contribution in [0.3, 0.4) is 0 Å². The smallest absolute Gasteiger partial charge is 0.326 e. The van der Waals surface area contributed by atoms with E-state index in [0.717, 1.165) is 0 Å². The molecule has 0 bridgehead atoms. The molecule has 196 valence electrons. The second-order valence-electron chi connectivity index (χ2n) is 8.66. The number of amides is 2. The van der Waals surface area contributed by atoms with Gasteiger partial charge >= 0.3 is 6.03 Å². The molecule has 2 aromatic carbocycles. The summed E-state index contributed by atoms with van der Waals surface area (Å²) in [5.41, 5.74) is 0.799. The zero-order chi connectivity index (χ0) is 27.0. The van der Waals surface area contributed by atoms with Crippen LogP contribution in [0.2, 0.25) is 0 Å². The maximum Gasteiger partial charge on any atom is 0.326 e. The maximum atomic E-state index is 12.6. The fourth-order valence-corrected chi connectivity index (χ4v) is 3.50. The molecule has 0 aliphatic heterocycles. The molecular weight excluding hydrogens is 476 g/mol. The highest BCUT2D eigenvalue weighted by molar-refractivity contribution is 5.99. The minimum absolute atomic E-state index is 0.216. The molecule has 0 spiro atoms. The van der Waals surface area contributed by atoms with E-state index in [0.29, 0.717) is 51.6 Å². The molecule has 2 N–H and O–H groups in total. The molecule has 37 heavy (non-hydrogen) atoms. The Morgan fingerprint density at radius 3 is 2.51 bits per heavy atom. The van der Waals surface area contributed by atoms with Crippen molar-refractivity contribution >= 4 is 36.3 Å². The largest absolute Gasteiger partial charge is 0.493 e. The average Bonchev–Trinajstić information content (AvgIpc) is 3.33. The van der Waals surface area contributed by atoms with Crippen LogP contribution in [-0.4, -0.2) is 45.3 Å². The van der Waals surface area contributed by atoms with Crippen LogP contribution >= 0.6 is 0 Å².